The summed E-state index contributed by atoms with van der Waals surface area (Å²) in [5.74, 6) is 2.03. The summed E-state index contributed by atoms with van der Waals surface area (Å²) in [7, 11) is 0. The van der Waals surface area contributed by atoms with Gasteiger partial charge in [0.1, 0.15) is 0 Å². The normalized spacial score (nSPS) is 33.8. The summed E-state index contributed by atoms with van der Waals surface area (Å²) in [6, 6.07) is 0.433. The van der Waals surface area contributed by atoms with Gasteiger partial charge in [0, 0.05) is 18.0 Å². The van der Waals surface area contributed by atoms with Crippen LogP contribution < -0.4 is 11.1 Å². The molecule has 3 aliphatic rings. The number of rotatable bonds is 4. The van der Waals surface area contributed by atoms with Crippen LogP contribution in [-0.4, -0.2) is 18.0 Å². The van der Waals surface area contributed by atoms with E-state index in [4.69, 9.17) is 5.73 Å². The van der Waals surface area contributed by atoms with Crippen molar-refractivity contribution in [2.24, 2.45) is 23.5 Å². The number of carbonyl (C=O) groups is 1. The van der Waals surface area contributed by atoms with Crippen LogP contribution in [0.15, 0.2) is 0 Å². The zero-order valence-electron chi connectivity index (χ0n) is 10.5. The summed E-state index contributed by atoms with van der Waals surface area (Å²) in [5, 5.41) is 3.25. The van der Waals surface area contributed by atoms with Crippen LogP contribution in [-0.2, 0) is 4.79 Å². The van der Waals surface area contributed by atoms with Crippen molar-refractivity contribution < 1.29 is 4.79 Å². The Balaban J connectivity index is 1.57. The molecule has 0 aromatic heterocycles. The highest BCUT2D eigenvalue weighted by atomic mass is 16.2. The summed E-state index contributed by atoms with van der Waals surface area (Å²) in [6.45, 7) is 0. The van der Waals surface area contributed by atoms with Crippen LogP contribution >= 0.6 is 0 Å². The maximum atomic E-state index is 12.4. The highest BCUT2D eigenvalue weighted by Gasteiger charge is 2.46. The quantitative estimate of drug-likeness (QED) is 0.782. The Morgan fingerprint density at radius 3 is 2.12 bits per heavy atom. The minimum absolute atomic E-state index is 0.187. The van der Waals surface area contributed by atoms with Gasteiger partial charge in [-0.3, -0.25) is 4.79 Å². The molecule has 1 amide bonds. The van der Waals surface area contributed by atoms with Crippen molar-refractivity contribution in [1.29, 1.82) is 0 Å². The predicted octanol–water partition coefficient (Wildman–Crippen LogP) is 1.81. The van der Waals surface area contributed by atoms with Gasteiger partial charge in [0.05, 0.1) is 0 Å². The van der Waals surface area contributed by atoms with E-state index in [1.807, 2.05) is 0 Å². The maximum absolute atomic E-state index is 12.4. The molecule has 2 atom stereocenters. The summed E-state index contributed by atoms with van der Waals surface area (Å²) in [4.78, 5) is 12.4. The minimum atomic E-state index is 0.187. The average molecular weight is 236 g/mol. The lowest BCUT2D eigenvalue weighted by Gasteiger charge is -2.30. The molecule has 3 fully saturated rings. The molecular formula is C14H24N2O. The number of nitrogens with two attached hydrogens (primary N) is 1. The van der Waals surface area contributed by atoms with Crippen LogP contribution in [0.4, 0.5) is 0 Å². The van der Waals surface area contributed by atoms with Crippen LogP contribution in [0.5, 0.6) is 0 Å². The summed E-state index contributed by atoms with van der Waals surface area (Å²) >= 11 is 0. The molecule has 0 aliphatic heterocycles. The van der Waals surface area contributed by atoms with E-state index in [1.165, 1.54) is 38.5 Å². The lowest BCUT2D eigenvalue weighted by atomic mass is 9.89. The maximum Gasteiger partial charge on any atom is 0.223 e. The van der Waals surface area contributed by atoms with E-state index in [9.17, 15) is 4.79 Å². The summed E-state index contributed by atoms with van der Waals surface area (Å²) in [5.41, 5.74) is 6.10. The topological polar surface area (TPSA) is 55.1 Å². The Kier molecular flexibility index (Phi) is 3.12. The Hall–Kier alpha value is -0.570. The second kappa shape index (κ2) is 4.60. The Bertz CT molecular complexity index is 285. The van der Waals surface area contributed by atoms with Crippen molar-refractivity contribution >= 4 is 5.91 Å². The second-order valence-corrected chi connectivity index (χ2v) is 6.26. The van der Waals surface area contributed by atoms with E-state index in [0.717, 1.165) is 12.8 Å². The monoisotopic (exact) mass is 236 g/mol. The second-order valence-electron chi connectivity index (χ2n) is 6.26. The Morgan fingerprint density at radius 1 is 1.00 bits per heavy atom. The highest BCUT2D eigenvalue weighted by molar-refractivity contribution is 5.80. The van der Waals surface area contributed by atoms with E-state index in [0.29, 0.717) is 23.7 Å². The van der Waals surface area contributed by atoms with Gasteiger partial charge in [0.25, 0.3) is 0 Å². The fourth-order valence-electron chi connectivity index (χ4n) is 3.34. The van der Waals surface area contributed by atoms with Crippen molar-refractivity contribution in [2.45, 2.75) is 63.5 Å². The van der Waals surface area contributed by atoms with Crippen LogP contribution in [0, 0.1) is 17.8 Å². The molecule has 0 bridgehead atoms. The molecule has 0 heterocycles. The SMILES string of the molecule is N[C@@H]1CCCC[C@H]1NC(=O)C(C1CC1)C1CC1. The summed E-state index contributed by atoms with van der Waals surface area (Å²) < 4.78 is 0. The third kappa shape index (κ3) is 2.65. The van der Waals surface area contributed by atoms with Gasteiger partial charge < -0.3 is 11.1 Å². The number of hydrogen-bond acceptors (Lipinski definition) is 2. The van der Waals surface area contributed by atoms with Gasteiger partial charge in [-0.2, -0.15) is 0 Å². The zero-order valence-corrected chi connectivity index (χ0v) is 10.5. The van der Waals surface area contributed by atoms with Crippen molar-refractivity contribution in [3.63, 3.8) is 0 Å². The number of nitrogens with one attached hydrogen (secondary N) is 1. The Labute approximate surface area is 104 Å². The highest BCUT2D eigenvalue weighted by Crippen LogP contribution is 2.49. The van der Waals surface area contributed by atoms with Gasteiger partial charge in [-0.05, 0) is 50.4 Å². The van der Waals surface area contributed by atoms with Gasteiger partial charge in [0.15, 0.2) is 0 Å². The average Bonchev–Trinajstić information content (AvgIpc) is 3.14. The van der Waals surface area contributed by atoms with Crippen LogP contribution in [0.2, 0.25) is 0 Å². The molecule has 3 rings (SSSR count). The van der Waals surface area contributed by atoms with Crippen molar-refractivity contribution in [3.8, 4) is 0 Å². The first-order chi connectivity index (χ1) is 8.25. The first-order valence-corrected chi connectivity index (χ1v) is 7.31. The van der Waals surface area contributed by atoms with E-state index in [1.54, 1.807) is 0 Å². The number of amides is 1. The fourth-order valence-corrected chi connectivity index (χ4v) is 3.34. The van der Waals surface area contributed by atoms with Gasteiger partial charge >= 0.3 is 0 Å². The van der Waals surface area contributed by atoms with Crippen molar-refractivity contribution in [2.75, 3.05) is 0 Å². The molecule has 3 aliphatic carbocycles. The van der Waals surface area contributed by atoms with Gasteiger partial charge in [0.2, 0.25) is 5.91 Å². The van der Waals surface area contributed by atoms with Crippen LogP contribution in [0.25, 0.3) is 0 Å². The first-order valence-electron chi connectivity index (χ1n) is 7.31. The molecule has 3 N–H and O–H groups in total. The van der Waals surface area contributed by atoms with E-state index in [-0.39, 0.29) is 12.1 Å². The Morgan fingerprint density at radius 2 is 1.59 bits per heavy atom. The third-order valence-corrected chi connectivity index (χ3v) is 4.71. The lowest BCUT2D eigenvalue weighted by Crippen LogP contribution is -2.51. The largest absolute Gasteiger partial charge is 0.352 e. The van der Waals surface area contributed by atoms with Crippen molar-refractivity contribution in [1.82, 2.24) is 5.32 Å². The smallest absolute Gasteiger partial charge is 0.223 e. The minimum Gasteiger partial charge on any atom is -0.352 e. The van der Waals surface area contributed by atoms with E-state index in [2.05, 4.69) is 5.32 Å². The fraction of sp³-hybridized carbons (Fsp3) is 0.929. The van der Waals surface area contributed by atoms with Crippen molar-refractivity contribution in [3.05, 3.63) is 0 Å². The van der Waals surface area contributed by atoms with Crippen LogP contribution in [0.3, 0.4) is 0 Å². The molecule has 0 saturated heterocycles. The first kappa shape index (κ1) is 11.5. The van der Waals surface area contributed by atoms with Crippen LogP contribution in [0.1, 0.15) is 51.4 Å². The molecule has 0 aromatic carbocycles. The van der Waals surface area contributed by atoms with E-state index >= 15 is 0 Å². The summed E-state index contributed by atoms with van der Waals surface area (Å²) in [6.07, 6.45) is 9.67. The number of hydrogen-bond donors (Lipinski definition) is 2. The van der Waals surface area contributed by atoms with Gasteiger partial charge in [-0.25, -0.2) is 0 Å². The standard InChI is InChI=1S/C14H24N2O/c15-11-3-1-2-4-12(11)16-14(17)13(9-5-6-9)10-7-8-10/h9-13H,1-8,15H2,(H,16,17)/t11-,12-/m1/s1. The van der Waals surface area contributed by atoms with Gasteiger partial charge in [-0.15, -0.1) is 0 Å². The van der Waals surface area contributed by atoms with E-state index < -0.39 is 0 Å². The molecule has 0 spiro atoms. The zero-order chi connectivity index (χ0) is 11.8. The predicted molar refractivity (Wildman–Crippen MR) is 67.3 cm³/mol. The number of carbonyl (C=O) groups excluding carboxylic acids is 1. The molecule has 0 unspecified atom stereocenters. The molecular weight excluding hydrogens is 212 g/mol. The third-order valence-electron chi connectivity index (χ3n) is 4.71. The molecule has 17 heavy (non-hydrogen) atoms. The molecule has 3 saturated carbocycles. The molecule has 3 heteroatoms. The molecule has 96 valence electrons. The molecule has 0 aromatic rings. The molecule has 3 nitrogen and oxygen atoms in total. The molecule has 0 radical (unpaired) electrons. The van der Waals surface area contributed by atoms with Gasteiger partial charge in [-0.1, -0.05) is 12.8 Å². The lowest BCUT2D eigenvalue weighted by molar-refractivity contribution is -0.127.